The average Bonchev–Trinajstić information content (AvgIpc) is 3.34. The molecule has 0 aliphatic carbocycles. The van der Waals surface area contributed by atoms with Crippen LogP contribution in [0.4, 0.5) is 0 Å². The highest BCUT2D eigenvalue weighted by atomic mass is 32.2. The molecular weight excluding hydrogens is 358 g/mol. The number of carbonyl (C=O) groups excluding carboxylic acids is 1. The molecule has 6 heteroatoms. The Kier molecular flexibility index (Phi) is 4.98. The van der Waals surface area contributed by atoms with Crippen molar-refractivity contribution >= 4 is 28.7 Å². The number of amides is 1. The molecule has 136 valence electrons. The van der Waals surface area contributed by atoms with Gasteiger partial charge < -0.3 is 9.73 Å². The number of hydrogen-bond donors (Lipinski definition) is 1. The molecule has 2 aromatic carbocycles. The van der Waals surface area contributed by atoms with Crippen molar-refractivity contribution in [1.29, 1.82) is 0 Å². The normalized spacial score (nSPS) is 12.2. The van der Waals surface area contributed by atoms with Crippen LogP contribution in [-0.4, -0.2) is 20.7 Å². The Morgan fingerprint density at radius 2 is 1.89 bits per heavy atom. The van der Waals surface area contributed by atoms with E-state index in [0.29, 0.717) is 6.54 Å². The van der Waals surface area contributed by atoms with E-state index >= 15 is 0 Å². The molecule has 2 aromatic heterocycles. The Morgan fingerprint density at radius 3 is 2.67 bits per heavy atom. The summed E-state index contributed by atoms with van der Waals surface area (Å²) in [4.78, 5) is 17.2. The van der Waals surface area contributed by atoms with E-state index in [9.17, 15) is 4.79 Å². The number of nitrogens with one attached hydrogen (secondary N) is 1. The fraction of sp³-hybridized carbons (Fsp3) is 0.143. The quantitative estimate of drug-likeness (QED) is 0.506. The number of thioether (sulfide) groups is 1. The molecule has 5 nitrogen and oxygen atoms in total. The first-order valence-corrected chi connectivity index (χ1v) is 9.60. The van der Waals surface area contributed by atoms with Gasteiger partial charge in [-0.25, -0.2) is 4.98 Å². The molecule has 1 amide bonds. The van der Waals surface area contributed by atoms with Crippen LogP contribution in [0.3, 0.4) is 0 Å². The summed E-state index contributed by atoms with van der Waals surface area (Å²) in [6.07, 6.45) is 1.60. The molecule has 1 atom stereocenters. The number of furan rings is 1. The van der Waals surface area contributed by atoms with E-state index in [1.807, 2.05) is 73.7 Å². The molecule has 0 aliphatic rings. The number of aromatic nitrogens is 2. The number of hydrogen-bond acceptors (Lipinski definition) is 4. The Labute approximate surface area is 161 Å². The Hall–Kier alpha value is -2.99. The van der Waals surface area contributed by atoms with Gasteiger partial charge in [0.2, 0.25) is 5.91 Å². The van der Waals surface area contributed by atoms with Crippen molar-refractivity contribution in [3.8, 4) is 5.69 Å². The van der Waals surface area contributed by atoms with E-state index in [2.05, 4.69) is 9.88 Å². The van der Waals surface area contributed by atoms with E-state index < -0.39 is 0 Å². The summed E-state index contributed by atoms with van der Waals surface area (Å²) in [5.74, 6) is 0.681. The van der Waals surface area contributed by atoms with E-state index in [0.717, 1.165) is 27.6 Å². The zero-order valence-corrected chi connectivity index (χ0v) is 15.6. The molecule has 0 unspecified atom stereocenters. The van der Waals surface area contributed by atoms with Gasteiger partial charge in [-0.3, -0.25) is 9.36 Å². The molecule has 4 rings (SSSR count). The minimum absolute atomic E-state index is 0.0527. The van der Waals surface area contributed by atoms with Crippen LogP contribution in [-0.2, 0) is 11.3 Å². The SMILES string of the molecule is C[C@@H](Sc1nc2ccccc2n1-c1ccccc1)C(=O)NCc1ccco1. The van der Waals surface area contributed by atoms with Gasteiger partial charge in [-0.05, 0) is 43.3 Å². The maximum Gasteiger partial charge on any atom is 0.233 e. The number of nitrogens with zero attached hydrogens (tertiary/aromatic N) is 2. The van der Waals surface area contributed by atoms with Gasteiger partial charge in [0.05, 0.1) is 29.1 Å². The third kappa shape index (κ3) is 3.75. The first kappa shape index (κ1) is 17.4. The largest absolute Gasteiger partial charge is 0.467 e. The molecule has 0 saturated carbocycles. The summed E-state index contributed by atoms with van der Waals surface area (Å²) in [6.45, 7) is 2.27. The number of benzene rings is 2. The third-order valence-electron chi connectivity index (χ3n) is 4.21. The Bertz CT molecular complexity index is 1040. The predicted octanol–water partition coefficient (Wildman–Crippen LogP) is 4.42. The maximum atomic E-state index is 12.5. The third-order valence-corrected chi connectivity index (χ3v) is 5.27. The van der Waals surface area contributed by atoms with Crippen LogP contribution in [0.2, 0.25) is 0 Å². The van der Waals surface area contributed by atoms with Gasteiger partial charge in [-0.1, -0.05) is 42.1 Å². The van der Waals surface area contributed by atoms with Crippen molar-refractivity contribution < 1.29 is 9.21 Å². The highest BCUT2D eigenvalue weighted by Crippen LogP contribution is 2.30. The second-order valence-corrected chi connectivity index (χ2v) is 7.42. The maximum absolute atomic E-state index is 12.5. The summed E-state index contributed by atoms with van der Waals surface area (Å²) in [6, 6.07) is 21.7. The van der Waals surface area contributed by atoms with Crippen LogP contribution in [0.1, 0.15) is 12.7 Å². The van der Waals surface area contributed by atoms with E-state index in [-0.39, 0.29) is 11.2 Å². The van der Waals surface area contributed by atoms with Crippen LogP contribution in [0, 0.1) is 0 Å². The van der Waals surface area contributed by atoms with E-state index in [4.69, 9.17) is 9.40 Å². The van der Waals surface area contributed by atoms with Crippen LogP contribution in [0.15, 0.2) is 82.6 Å². The van der Waals surface area contributed by atoms with Gasteiger partial charge in [-0.15, -0.1) is 0 Å². The summed E-state index contributed by atoms with van der Waals surface area (Å²) >= 11 is 1.45. The zero-order valence-electron chi connectivity index (χ0n) is 14.8. The van der Waals surface area contributed by atoms with Gasteiger partial charge in [-0.2, -0.15) is 0 Å². The number of imidazole rings is 1. The minimum atomic E-state index is -0.292. The standard InChI is InChI=1S/C21H19N3O2S/c1-15(20(25)22-14-17-10-7-13-26-17)27-21-23-18-11-5-6-12-19(18)24(21)16-8-3-2-4-9-16/h2-13,15H,14H2,1H3,(H,22,25)/t15-/m1/s1. The fourth-order valence-corrected chi connectivity index (χ4v) is 3.82. The molecule has 0 bridgehead atoms. The lowest BCUT2D eigenvalue weighted by molar-refractivity contribution is -0.120. The number of rotatable bonds is 6. The predicted molar refractivity (Wildman–Crippen MR) is 107 cm³/mol. The van der Waals surface area contributed by atoms with Crippen molar-refractivity contribution in [1.82, 2.24) is 14.9 Å². The molecule has 4 aromatic rings. The highest BCUT2D eigenvalue weighted by molar-refractivity contribution is 8.00. The summed E-state index contributed by atoms with van der Waals surface area (Å²) in [5.41, 5.74) is 2.96. The summed E-state index contributed by atoms with van der Waals surface area (Å²) < 4.78 is 7.35. The molecule has 0 saturated heterocycles. The topological polar surface area (TPSA) is 60.1 Å². The second kappa shape index (κ2) is 7.72. The second-order valence-electron chi connectivity index (χ2n) is 6.11. The van der Waals surface area contributed by atoms with Crippen LogP contribution in [0.5, 0.6) is 0 Å². The molecule has 0 aliphatic heterocycles. The summed E-state index contributed by atoms with van der Waals surface area (Å²) in [7, 11) is 0. The Balaban J connectivity index is 1.58. The molecule has 2 heterocycles. The average molecular weight is 377 g/mol. The van der Waals surface area contributed by atoms with Crippen molar-refractivity contribution in [2.24, 2.45) is 0 Å². The molecule has 0 spiro atoms. The van der Waals surface area contributed by atoms with Crippen LogP contribution in [0.25, 0.3) is 16.7 Å². The lowest BCUT2D eigenvalue weighted by atomic mass is 10.3. The molecule has 0 fully saturated rings. The van der Waals surface area contributed by atoms with E-state index in [1.54, 1.807) is 6.26 Å². The van der Waals surface area contributed by atoms with Crippen molar-refractivity contribution in [2.75, 3.05) is 0 Å². The van der Waals surface area contributed by atoms with Gasteiger partial charge in [0.15, 0.2) is 5.16 Å². The monoisotopic (exact) mass is 377 g/mol. The van der Waals surface area contributed by atoms with Crippen molar-refractivity contribution in [3.63, 3.8) is 0 Å². The lowest BCUT2D eigenvalue weighted by Gasteiger charge is -2.13. The molecular formula is C21H19N3O2S. The van der Waals surface area contributed by atoms with Crippen LogP contribution >= 0.6 is 11.8 Å². The number of para-hydroxylation sites is 3. The molecule has 0 radical (unpaired) electrons. The van der Waals surface area contributed by atoms with Gasteiger partial charge >= 0.3 is 0 Å². The van der Waals surface area contributed by atoms with Crippen molar-refractivity contribution in [3.05, 3.63) is 78.8 Å². The number of carbonyl (C=O) groups is 1. The van der Waals surface area contributed by atoms with Gasteiger partial charge in [0.1, 0.15) is 5.76 Å². The Morgan fingerprint density at radius 1 is 1.11 bits per heavy atom. The lowest BCUT2D eigenvalue weighted by Crippen LogP contribution is -2.30. The van der Waals surface area contributed by atoms with E-state index in [1.165, 1.54) is 11.8 Å². The molecule has 27 heavy (non-hydrogen) atoms. The first-order valence-electron chi connectivity index (χ1n) is 8.72. The minimum Gasteiger partial charge on any atom is -0.467 e. The van der Waals surface area contributed by atoms with Gasteiger partial charge in [0.25, 0.3) is 0 Å². The summed E-state index contributed by atoms with van der Waals surface area (Å²) in [5, 5.41) is 3.41. The fourth-order valence-electron chi connectivity index (χ4n) is 2.85. The highest BCUT2D eigenvalue weighted by Gasteiger charge is 2.20. The van der Waals surface area contributed by atoms with Crippen LogP contribution < -0.4 is 5.32 Å². The molecule has 1 N–H and O–H groups in total. The zero-order chi connectivity index (χ0) is 18.6. The van der Waals surface area contributed by atoms with Gasteiger partial charge in [0, 0.05) is 5.69 Å². The first-order chi connectivity index (χ1) is 13.2. The van der Waals surface area contributed by atoms with Crippen molar-refractivity contribution in [2.45, 2.75) is 23.9 Å². The smallest absolute Gasteiger partial charge is 0.233 e. The number of fused-ring (bicyclic) bond motifs is 1.